The summed E-state index contributed by atoms with van der Waals surface area (Å²) >= 11 is 0. The van der Waals surface area contributed by atoms with Crippen molar-refractivity contribution in [2.75, 3.05) is 13.7 Å². The molecule has 274 valence electrons. The van der Waals surface area contributed by atoms with E-state index in [4.69, 9.17) is 33.2 Å². The second kappa shape index (κ2) is 12.4. The van der Waals surface area contributed by atoms with Gasteiger partial charge in [0.2, 0.25) is 0 Å². The van der Waals surface area contributed by atoms with Crippen molar-refractivity contribution in [1.82, 2.24) is 0 Å². The number of rotatable bonds is 6. The molecule has 4 fully saturated rings. The van der Waals surface area contributed by atoms with Crippen molar-refractivity contribution in [3.8, 4) is 5.75 Å². The lowest BCUT2D eigenvalue weighted by atomic mass is 9.44. The van der Waals surface area contributed by atoms with E-state index in [0.29, 0.717) is 22.5 Å². The maximum atomic E-state index is 14.1. The van der Waals surface area contributed by atoms with E-state index in [-0.39, 0.29) is 25.0 Å². The van der Waals surface area contributed by atoms with Crippen LogP contribution >= 0.6 is 0 Å². The van der Waals surface area contributed by atoms with E-state index in [1.807, 2.05) is 19.1 Å². The van der Waals surface area contributed by atoms with E-state index in [0.717, 1.165) is 0 Å². The van der Waals surface area contributed by atoms with E-state index >= 15 is 0 Å². The Hall–Kier alpha value is -3.81. The molecule has 2 aromatic carbocycles. The fourth-order valence-corrected chi connectivity index (χ4v) is 9.76. The number of carbonyl (C=O) groups is 3. The van der Waals surface area contributed by atoms with Crippen LogP contribution in [0.4, 0.5) is 0 Å². The molecule has 2 heterocycles. The summed E-state index contributed by atoms with van der Waals surface area (Å²) in [6.45, 7) is 9.75. The third-order valence-corrected chi connectivity index (χ3v) is 12.3. The molecule has 7 rings (SSSR count). The second-order valence-electron chi connectivity index (χ2n) is 15.3. The summed E-state index contributed by atoms with van der Waals surface area (Å²) in [5, 5.41) is 25.1. The summed E-state index contributed by atoms with van der Waals surface area (Å²) in [6.07, 6.45) is -7.15. The van der Waals surface area contributed by atoms with E-state index in [2.05, 4.69) is 0 Å². The van der Waals surface area contributed by atoms with Crippen LogP contribution < -0.4 is 4.74 Å². The summed E-state index contributed by atoms with van der Waals surface area (Å²) in [5.74, 6) is -2.31. The Morgan fingerprint density at radius 2 is 1.59 bits per heavy atom. The molecular formula is C39H46O12. The minimum Gasteiger partial charge on any atom is -0.497 e. The highest BCUT2D eigenvalue weighted by Crippen LogP contribution is 2.67. The van der Waals surface area contributed by atoms with Gasteiger partial charge in [-0.05, 0) is 42.3 Å². The molecule has 0 aromatic heterocycles. The van der Waals surface area contributed by atoms with Crippen molar-refractivity contribution in [3.63, 3.8) is 0 Å². The third-order valence-electron chi connectivity index (χ3n) is 12.3. The smallest absolute Gasteiger partial charge is 0.338 e. The van der Waals surface area contributed by atoms with E-state index in [1.165, 1.54) is 13.8 Å². The lowest BCUT2D eigenvalue weighted by molar-refractivity contribution is -0.413. The normalized spacial score (nSPS) is 39.2. The number of methoxy groups -OCH3 is 1. The van der Waals surface area contributed by atoms with Gasteiger partial charge < -0.3 is 43.4 Å². The minimum absolute atomic E-state index is 0.0583. The summed E-state index contributed by atoms with van der Waals surface area (Å²) < 4.78 is 44.4. The Morgan fingerprint density at radius 1 is 0.902 bits per heavy atom. The topological polar surface area (TPSA) is 156 Å². The number of hydrogen-bond acceptors (Lipinski definition) is 12. The average molecular weight is 707 g/mol. The van der Waals surface area contributed by atoms with Crippen molar-refractivity contribution < 1.29 is 57.8 Å². The average Bonchev–Trinajstić information content (AvgIpc) is 3.07. The summed E-state index contributed by atoms with van der Waals surface area (Å²) in [7, 11) is 1.57. The molecule has 5 aliphatic rings. The second-order valence-corrected chi connectivity index (χ2v) is 15.3. The number of carbonyl (C=O) groups excluding carboxylic acids is 3. The molecule has 2 bridgehead atoms. The molecule has 0 spiro atoms. The first-order chi connectivity index (χ1) is 24.1. The van der Waals surface area contributed by atoms with Crippen LogP contribution in [0.5, 0.6) is 5.75 Å². The number of aliphatic hydroxyl groups excluding tert-OH is 1. The van der Waals surface area contributed by atoms with Crippen molar-refractivity contribution in [3.05, 3.63) is 76.9 Å². The quantitative estimate of drug-likeness (QED) is 0.251. The fourth-order valence-electron chi connectivity index (χ4n) is 9.76. The molecule has 12 heteroatoms. The van der Waals surface area contributed by atoms with Gasteiger partial charge in [0.25, 0.3) is 0 Å². The Labute approximate surface area is 296 Å². The lowest BCUT2D eigenvalue weighted by Crippen LogP contribution is -2.83. The predicted octanol–water partition coefficient (Wildman–Crippen LogP) is 4.21. The van der Waals surface area contributed by atoms with Crippen molar-refractivity contribution in [2.24, 2.45) is 16.7 Å². The van der Waals surface area contributed by atoms with Gasteiger partial charge in [0.15, 0.2) is 18.0 Å². The minimum atomic E-state index is -2.00. The first-order valence-electron chi connectivity index (χ1n) is 17.4. The first kappa shape index (κ1) is 35.6. The van der Waals surface area contributed by atoms with Crippen molar-refractivity contribution in [2.45, 2.75) is 108 Å². The summed E-state index contributed by atoms with van der Waals surface area (Å²) in [4.78, 5) is 40.2. The maximum Gasteiger partial charge on any atom is 0.338 e. The van der Waals surface area contributed by atoms with Crippen LogP contribution in [0, 0.1) is 16.7 Å². The molecule has 51 heavy (non-hydrogen) atoms. The summed E-state index contributed by atoms with van der Waals surface area (Å²) in [6, 6.07) is 15.6. The van der Waals surface area contributed by atoms with Gasteiger partial charge in [-0.15, -0.1) is 0 Å². The van der Waals surface area contributed by atoms with Gasteiger partial charge in [-0.3, -0.25) is 9.59 Å². The van der Waals surface area contributed by atoms with Crippen LogP contribution in [0.3, 0.4) is 0 Å². The Balaban J connectivity index is 1.51. The Morgan fingerprint density at radius 3 is 2.18 bits per heavy atom. The molecule has 0 amide bonds. The van der Waals surface area contributed by atoms with Gasteiger partial charge in [-0.2, -0.15) is 0 Å². The number of benzene rings is 2. The van der Waals surface area contributed by atoms with Gasteiger partial charge in [-0.25, -0.2) is 4.79 Å². The number of esters is 3. The zero-order chi connectivity index (χ0) is 36.7. The predicted molar refractivity (Wildman–Crippen MR) is 179 cm³/mol. The number of aliphatic hydroxyl groups is 2. The SMILES string of the molecule is COc1ccc(C2O[C@H]3C[C@H]4OC[C@@]4(OC(C)=O)[C@H]4[C@H](OC(=O)c5ccccc5)[C@]5(O)C[C@H](O)C(C)=C([C@H](OC(C)=O)[C@H](O2)[C@]34C)C5(C)C)cc1. The van der Waals surface area contributed by atoms with Crippen LogP contribution in [0.2, 0.25) is 0 Å². The van der Waals surface area contributed by atoms with Crippen LogP contribution in [-0.2, 0) is 38.0 Å². The van der Waals surface area contributed by atoms with Gasteiger partial charge in [0.1, 0.15) is 29.7 Å². The molecule has 12 nitrogen and oxygen atoms in total. The van der Waals surface area contributed by atoms with Crippen LogP contribution in [0.1, 0.15) is 76.6 Å². The molecule has 2 saturated carbocycles. The zero-order valence-electron chi connectivity index (χ0n) is 29.9. The third kappa shape index (κ3) is 5.24. The molecule has 3 aliphatic carbocycles. The highest BCUT2D eigenvalue weighted by molar-refractivity contribution is 5.89. The fraction of sp³-hybridized carbons (Fsp3) is 0.564. The monoisotopic (exact) mass is 706 g/mol. The molecule has 2 aliphatic heterocycles. The van der Waals surface area contributed by atoms with E-state index < -0.39 is 88.8 Å². The van der Waals surface area contributed by atoms with Crippen molar-refractivity contribution in [1.29, 1.82) is 0 Å². The Bertz CT molecular complexity index is 1740. The lowest BCUT2D eigenvalue weighted by Gasteiger charge is -2.71. The first-order valence-corrected chi connectivity index (χ1v) is 17.4. The van der Waals surface area contributed by atoms with Gasteiger partial charge in [0.05, 0.1) is 37.4 Å². The molecule has 2 saturated heterocycles. The van der Waals surface area contributed by atoms with E-state index in [1.54, 1.807) is 70.3 Å². The van der Waals surface area contributed by atoms with Gasteiger partial charge in [-0.1, -0.05) is 51.1 Å². The molecule has 11 atom stereocenters. The van der Waals surface area contributed by atoms with Gasteiger partial charge >= 0.3 is 17.9 Å². The maximum absolute atomic E-state index is 14.1. The molecule has 0 radical (unpaired) electrons. The van der Waals surface area contributed by atoms with Crippen LogP contribution in [0.25, 0.3) is 0 Å². The zero-order valence-corrected chi connectivity index (χ0v) is 29.9. The van der Waals surface area contributed by atoms with Gasteiger partial charge in [0, 0.05) is 43.1 Å². The largest absolute Gasteiger partial charge is 0.497 e. The number of fused-ring (bicyclic) bond motifs is 4. The standard InChI is InChI=1S/C39H46O12/c1-20-26(42)18-39(44)33(49-34(43)23-11-9-8-10-12-23)31-37(6)27(17-28-38(31,19-46-28)51-22(3)41)48-35(24-13-15-25(45-7)16-14-24)50-32(37)30(47-21(2)40)29(20)36(39,4)5/h8-16,26-28,30-33,35,42,44H,17-19H2,1-7H3/t26-,27-,28+,30-,31-,32-,33-,35?,37+,38-,39+/m0/s1. The summed E-state index contributed by atoms with van der Waals surface area (Å²) in [5.41, 5.74) is -4.11. The molecular weight excluding hydrogens is 660 g/mol. The van der Waals surface area contributed by atoms with Crippen LogP contribution in [-0.4, -0.2) is 89.7 Å². The van der Waals surface area contributed by atoms with E-state index in [9.17, 15) is 24.6 Å². The number of hydrogen-bond donors (Lipinski definition) is 2. The molecule has 2 N–H and O–H groups in total. The number of ether oxygens (including phenoxy) is 7. The Kier molecular flexibility index (Phi) is 8.66. The molecule has 2 aromatic rings. The van der Waals surface area contributed by atoms with Crippen LogP contribution in [0.15, 0.2) is 65.7 Å². The molecule has 1 unspecified atom stereocenters. The highest BCUT2D eigenvalue weighted by atomic mass is 16.7. The highest BCUT2D eigenvalue weighted by Gasteiger charge is 2.79. The van der Waals surface area contributed by atoms with Crippen molar-refractivity contribution >= 4 is 17.9 Å².